The van der Waals surface area contributed by atoms with Gasteiger partial charge in [0.05, 0.1) is 18.3 Å². The number of fused-ring (bicyclic) bond motifs is 1. The van der Waals surface area contributed by atoms with Crippen LogP contribution in [0.3, 0.4) is 0 Å². The van der Waals surface area contributed by atoms with Crippen molar-refractivity contribution in [3.8, 4) is 0 Å². The number of hydrogen-bond donors (Lipinski definition) is 2. The van der Waals surface area contributed by atoms with Crippen LogP contribution in [0.4, 0.5) is 13.6 Å². The van der Waals surface area contributed by atoms with Gasteiger partial charge in [0.25, 0.3) is 0 Å². The average Bonchev–Trinajstić information content (AvgIpc) is 3.53. The van der Waals surface area contributed by atoms with Crippen LogP contribution < -0.4 is 5.32 Å². The minimum absolute atomic E-state index is 0.0116. The maximum absolute atomic E-state index is 14.5. The number of hydrogen-bond acceptors (Lipinski definition) is 7. The van der Waals surface area contributed by atoms with Crippen molar-refractivity contribution in [2.75, 3.05) is 39.4 Å². The van der Waals surface area contributed by atoms with Crippen LogP contribution in [0.15, 0.2) is 46.0 Å². The highest BCUT2D eigenvalue weighted by molar-refractivity contribution is 7.11. The van der Waals surface area contributed by atoms with Crippen LogP contribution in [0, 0.1) is 18.2 Å². The van der Waals surface area contributed by atoms with E-state index in [0.717, 1.165) is 19.3 Å². The van der Waals surface area contributed by atoms with Crippen molar-refractivity contribution in [2.24, 2.45) is 10.4 Å². The van der Waals surface area contributed by atoms with Crippen molar-refractivity contribution in [1.82, 2.24) is 25.0 Å². The SMILES string of the molecule is Cc1c(F)cccc1C1N=C(c2nccs2)NC(CN2CCN3C(=O)N(C45CC(CF)(C4)C5)CC3C2)=C1C(=O)O. The van der Waals surface area contributed by atoms with Gasteiger partial charge in [0, 0.05) is 61.0 Å². The van der Waals surface area contributed by atoms with Gasteiger partial charge in [-0.15, -0.1) is 11.3 Å². The quantitative estimate of drug-likeness (QED) is 0.532. The Morgan fingerprint density at radius 2 is 2.05 bits per heavy atom. The lowest BCUT2D eigenvalue weighted by molar-refractivity contribution is -0.207. The lowest BCUT2D eigenvalue weighted by Gasteiger charge is -2.72. The highest BCUT2D eigenvalue weighted by Gasteiger charge is 2.72. The molecule has 0 spiro atoms. The second-order valence-corrected chi connectivity index (χ2v) is 12.8. The van der Waals surface area contributed by atoms with Crippen LogP contribution in [-0.4, -0.2) is 93.6 Å². The molecule has 3 saturated carbocycles. The minimum Gasteiger partial charge on any atom is -0.478 e. The third-order valence-electron chi connectivity index (χ3n) is 9.38. The van der Waals surface area contributed by atoms with Crippen LogP contribution in [0.25, 0.3) is 0 Å². The van der Waals surface area contributed by atoms with E-state index < -0.39 is 17.8 Å². The van der Waals surface area contributed by atoms with Gasteiger partial charge in [-0.3, -0.25) is 14.3 Å². The zero-order valence-electron chi connectivity index (χ0n) is 22.1. The maximum Gasteiger partial charge on any atom is 0.335 e. The topological polar surface area (TPSA) is 101 Å². The summed E-state index contributed by atoms with van der Waals surface area (Å²) in [4.78, 5) is 41.1. The summed E-state index contributed by atoms with van der Waals surface area (Å²) < 4.78 is 27.9. The Bertz CT molecular complexity index is 1440. The van der Waals surface area contributed by atoms with Crippen molar-refractivity contribution >= 4 is 29.2 Å². The number of amides is 2. The van der Waals surface area contributed by atoms with Gasteiger partial charge in [0.15, 0.2) is 10.8 Å². The molecule has 9 nitrogen and oxygen atoms in total. The van der Waals surface area contributed by atoms with Crippen molar-refractivity contribution in [2.45, 2.75) is 43.8 Å². The van der Waals surface area contributed by atoms with Crippen molar-refractivity contribution < 1.29 is 23.5 Å². The highest BCUT2D eigenvalue weighted by Crippen LogP contribution is 2.70. The summed E-state index contributed by atoms with van der Waals surface area (Å²) in [7, 11) is 0. The maximum atomic E-state index is 14.5. The number of nitrogens with zero attached hydrogens (tertiary/aromatic N) is 5. The highest BCUT2D eigenvalue weighted by atomic mass is 32.1. The summed E-state index contributed by atoms with van der Waals surface area (Å²) in [6, 6.07) is 3.77. The molecular formula is C28H30F2N6O3S. The molecule has 3 aliphatic heterocycles. The molecule has 0 radical (unpaired) electrons. The summed E-state index contributed by atoms with van der Waals surface area (Å²) >= 11 is 1.38. The Morgan fingerprint density at radius 1 is 1.25 bits per heavy atom. The number of benzene rings is 1. The Kier molecular flexibility index (Phi) is 5.80. The first-order chi connectivity index (χ1) is 19.2. The lowest BCUT2D eigenvalue weighted by atomic mass is 9.39. The predicted octanol–water partition coefficient (Wildman–Crippen LogP) is 3.33. The first kappa shape index (κ1) is 25.6. The van der Waals surface area contributed by atoms with Gasteiger partial charge in [-0.25, -0.2) is 19.0 Å². The molecule has 40 heavy (non-hydrogen) atoms. The molecule has 6 aliphatic rings. The molecule has 2 atom stereocenters. The van der Waals surface area contributed by atoms with Crippen LogP contribution in [0.5, 0.6) is 0 Å². The minimum atomic E-state index is -1.12. The summed E-state index contributed by atoms with van der Waals surface area (Å²) in [5.74, 6) is -1.08. The van der Waals surface area contributed by atoms with Crippen LogP contribution in [-0.2, 0) is 4.79 Å². The van der Waals surface area contributed by atoms with E-state index in [4.69, 9.17) is 4.99 Å². The van der Waals surface area contributed by atoms with E-state index >= 15 is 0 Å². The number of piperazine rings is 1. The number of carboxylic acids is 1. The number of thiazole rings is 1. The van der Waals surface area contributed by atoms with Crippen LogP contribution >= 0.6 is 11.3 Å². The number of rotatable bonds is 7. The Morgan fingerprint density at radius 3 is 2.75 bits per heavy atom. The summed E-state index contributed by atoms with van der Waals surface area (Å²) in [5.41, 5.74) is 1.04. The standard InChI is InChI=1S/C28H30F2N6O3S/c1-16-18(3-2-4-19(16)30)22-21(25(37)38)20(32-23(33-22)24-31-5-8-40-24)11-34-6-7-35-17(9-34)10-36(26(35)39)28-12-27(13-28,14-28)15-29/h2-5,8,17,22H,6-7,9-15H2,1H3,(H,32,33)(H,37,38). The first-order valence-corrected chi connectivity index (χ1v) is 14.4. The zero-order chi connectivity index (χ0) is 27.8. The molecule has 1 aromatic carbocycles. The molecule has 2 aromatic rings. The average molecular weight is 569 g/mol. The monoisotopic (exact) mass is 568 g/mol. The molecule has 2 unspecified atom stereocenters. The Balaban J connectivity index is 1.16. The van der Waals surface area contributed by atoms with Gasteiger partial charge in [-0.1, -0.05) is 12.1 Å². The number of amidine groups is 1. The molecule has 5 fully saturated rings. The van der Waals surface area contributed by atoms with E-state index in [-0.39, 0.29) is 35.3 Å². The molecule has 2 saturated heterocycles. The molecule has 210 valence electrons. The number of carboxylic acid groups (broad SMARTS) is 1. The zero-order valence-corrected chi connectivity index (χ0v) is 22.9. The van der Waals surface area contributed by atoms with Gasteiger partial charge in [0.2, 0.25) is 0 Å². The number of aromatic nitrogens is 1. The predicted molar refractivity (Wildman–Crippen MR) is 144 cm³/mol. The van der Waals surface area contributed by atoms with Gasteiger partial charge in [-0.2, -0.15) is 0 Å². The smallest absolute Gasteiger partial charge is 0.335 e. The van der Waals surface area contributed by atoms with Crippen molar-refractivity contribution in [1.29, 1.82) is 0 Å². The molecule has 2 bridgehead atoms. The molecular weight excluding hydrogens is 538 g/mol. The fourth-order valence-corrected chi connectivity index (χ4v) is 8.06. The summed E-state index contributed by atoms with van der Waals surface area (Å²) in [6.07, 6.45) is 3.92. The van der Waals surface area contributed by atoms with Crippen molar-refractivity contribution in [3.05, 3.63) is 63.0 Å². The van der Waals surface area contributed by atoms with E-state index in [2.05, 4.69) is 15.2 Å². The molecule has 12 heteroatoms. The number of alkyl halides is 1. The van der Waals surface area contributed by atoms with Gasteiger partial charge < -0.3 is 20.2 Å². The lowest BCUT2D eigenvalue weighted by Crippen LogP contribution is -2.75. The Hall–Kier alpha value is -3.38. The number of aliphatic imine (C=N–C) groups is 1. The first-order valence-electron chi connectivity index (χ1n) is 13.6. The number of halogens is 2. The number of nitrogens with one attached hydrogen (secondary N) is 1. The fourth-order valence-electron chi connectivity index (χ4n) is 7.47. The number of aliphatic carboxylic acids is 1. The number of carbonyl (C=O) groups excluding carboxylic acids is 1. The second kappa shape index (κ2) is 9.07. The van der Waals surface area contributed by atoms with Gasteiger partial charge in [0.1, 0.15) is 11.9 Å². The second-order valence-electron chi connectivity index (χ2n) is 11.9. The fraction of sp³-hybridized carbons (Fsp3) is 0.500. The van der Waals surface area contributed by atoms with E-state index in [1.807, 2.05) is 15.2 Å². The van der Waals surface area contributed by atoms with E-state index in [1.54, 1.807) is 25.3 Å². The molecule has 3 aliphatic carbocycles. The molecule has 8 rings (SSSR count). The molecule has 2 amide bonds. The van der Waals surface area contributed by atoms with Crippen LogP contribution in [0.1, 0.15) is 41.4 Å². The van der Waals surface area contributed by atoms with E-state index in [9.17, 15) is 23.5 Å². The van der Waals surface area contributed by atoms with Crippen molar-refractivity contribution in [3.63, 3.8) is 0 Å². The summed E-state index contributed by atoms with van der Waals surface area (Å²) in [5, 5.41) is 16.0. The largest absolute Gasteiger partial charge is 0.478 e. The summed E-state index contributed by atoms with van der Waals surface area (Å²) in [6.45, 7) is 3.96. The van der Waals surface area contributed by atoms with Gasteiger partial charge in [-0.05, 0) is 43.4 Å². The number of urea groups is 1. The molecule has 2 N–H and O–H groups in total. The third-order valence-corrected chi connectivity index (χ3v) is 10.2. The third kappa shape index (κ3) is 3.79. The molecule has 1 aromatic heterocycles. The normalized spacial score (nSPS) is 31.4. The number of carbonyl (C=O) groups is 2. The van der Waals surface area contributed by atoms with Gasteiger partial charge >= 0.3 is 12.0 Å². The Labute approximate surface area is 234 Å². The van der Waals surface area contributed by atoms with E-state index in [1.165, 1.54) is 17.4 Å². The van der Waals surface area contributed by atoms with Crippen LogP contribution in [0.2, 0.25) is 0 Å². The molecule has 4 heterocycles. The van der Waals surface area contributed by atoms with E-state index in [0.29, 0.717) is 60.4 Å².